The van der Waals surface area contributed by atoms with E-state index in [4.69, 9.17) is 4.74 Å². The number of aryl methyl sites for hydroxylation is 1. The van der Waals surface area contributed by atoms with Crippen molar-refractivity contribution in [1.29, 1.82) is 0 Å². The van der Waals surface area contributed by atoms with Crippen LogP contribution in [0.3, 0.4) is 0 Å². The molecule has 1 aromatic carbocycles. The Kier molecular flexibility index (Phi) is 1.77. The van der Waals surface area contributed by atoms with Gasteiger partial charge in [-0.15, -0.1) is 0 Å². The van der Waals surface area contributed by atoms with E-state index in [1.54, 1.807) is 0 Å². The molecule has 64 valence electrons. The van der Waals surface area contributed by atoms with Gasteiger partial charge >= 0.3 is 0 Å². The average molecular weight is 164 g/mol. The van der Waals surface area contributed by atoms with Crippen LogP contribution in [0.4, 0.5) is 0 Å². The van der Waals surface area contributed by atoms with Gasteiger partial charge in [0.25, 0.3) is 0 Å². The second-order valence-electron chi connectivity index (χ2n) is 3.28. The number of hydrogen-bond donors (Lipinski definition) is 1. The second-order valence-corrected chi connectivity index (χ2v) is 3.28. The highest BCUT2D eigenvalue weighted by atomic mass is 16.5. The SMILES string of the molecule is Cc1ccc2c(c1)CC(O)CO2. The first-order valence-electron chi connectivity index (χ1n) is 4.16. The summed E-state index contributed by atoms with van der Waals surface area (Å²) >= 11 is 0. The van der Waals surface area contributed by atoms with Crippen molar-refractivity contribution in [1.82, 2.24) is 0 Å². The lowest BCUT2D eigenvalue weighted by Crippen LogP contribution is -2.25. The first kappa shape index (κ1) is 7.62. The van der Waals surface area contributed by atoms with E-state index in [2.05, 4.69) is 6.07 Å². The largest absolute Gasteiger partial charge is 0.491 e. The first-order valence-corrected chi connectivity index (χ1v) is 4.16. The topological polar surface area (TPSA) is 29.5 Å². The van der Waals surface area contributed by atoms with Crippen molar-refractivity contribution in [3.05, 3.63) is 29.3 Å². The molecule has 1 heterocycles. The van der Waals surface area contributed by atoms with E-state index in [1.165, 1.54) is 5.56 Å². The molecule has 1 aromatic rings. The van der Waals surface area contributed by atoms with Gasteiger partial charge in [0.05, 0.1) is 6.10 Å². The maximum Gasteiger partial charge on any atom is 0.122 e. The Balaban J connectivity index is 2.37. The molecule has 0 radical (unpaired) electrons. The molecule has 1 aliphatic rings. The van der Waals surface area contributed by atoms with Crippen LogP contribution >= 0.6 is 0 Å². The van der Waals surface area contributed by atoms with Crippen molar-refractivity contribution >= 4 is 0 Å². The van der Waals surface area contributed by atoms with Gasteiger partial charge in [0.2, 0.25) is 0 Å². The summed E-state index contributed by atoms with van der Waals surface area (Å²) in [7, 11) is 0. The van der Waals surface area contributed by atoms with Crippen molar-refractivity contribution in [2.24, 2.45) is 0 Å². The molecule has 0 saturated carbocycles. The Hall–Kier alpha value is -1.02. The molecule has 2 heteroatoms. The molecule has 2 rings (SSSR count). The normalized spacial score (nSPS) is 21.3. The molecule has 0 saturated heterocycles. The minimum Gasteiger partial charge on any atom is -0.491 e. The number of ether oxygens (including phenoxy) is 1. The molecule has 1 aliphatic heterocycles. The minimum absolute atomic E-state index is 0.334. The number of hydrogen-bond acceptors (Lipinski definition) is 2. The third-order valence-corrected chi connectivity index (χ3v) is 2.10. The van der Waals surface area contributed by atoms with Gasteiger partial charge in [-0.25, -0.2) is 0 Å². The lowest BCUT2D eigenvalue weighted by atomic mass is 10.0. The lowest BCUT2D eigenvalue weighted by Gasteiger charge is -2.21. The monoisotopic (exact) mass is 164 g/mol. The van der Waals surface area contributed by atoms with Crippen LogP contribution in [-0.2, 0) is 6.42 Å². The molecule has 1 unspecified atom stereocenters. The number of aliphatic hydroxyl groups is 1. The Bertz CT molecular complexity index is 294. The average Bonchev–Trinajstić information content (AvgIpc) is 2.03. The van der Waals surface area contributed by atoms with E-state index in [9.17, 15) is 5.11 Å². The molecule has 0 aliphatic carbocycles. The van der Waals surface area contributed by atoms with Crippen LogP contribution in [0.1, 0.15) is 11.1 Å². The van der Waals surface area contributed by atoms with Gasteiger partial charge in [0.1, 0.15) is 12.4 Å². The van der Waals surface area contributed by atoms with Crippen molar-refractivity contribution in [2.45, 2.75) is 19.4 Å². The molecular weight excluding hydrogens is 152 g/mol. The third-order valence-electron chi connectivity index (χ3n) is 2.10. The summed E-state index contributed by atoms with van der Waals surface area (Å²) in [5, 5.41) is 9.32. The van der Waals surface area contributed by atoms with Crippen LogP contribution in [0.5, 0.6) is 5.75 Å². The van der Waals surface area contributed by atoms with Gasteiger partial charge < -0.3 is 9.84 Å². The van der Waals surface area contributed by atoms with Crippen LogP contribution in [0, 0.1) is 6.92 Å². The summed E-state index contributed by atoms with van der Waals surface area (Å²) in [5.74, 6) is 0.922. The van der Waals surface area contributed by atoms with Gasteiger partial charge in [-0.1, -0.05) is 17.7 Å². The van der Waals surface area contributed by atoms with Crippen LogP contribution in [0.25, 0.3) is 0 Å². The molecule has 2 nitrogen and oxygen atoms in total. The number of benzene rings is 1. The fraction of sp³-hybridized carbons (Fsp3) is 0.400. The van der Waals surface area contributed by atoms with Gasteiger partial charge in [-0.2, -0.15) is 0 Å². The van der Waals surface area contributed by atoms with Gasteiger partial charge in [-0.3, -0.25) is 0 Å². The van der Waals surface area contributed by atoms with Crippen LogP contribution in [0.15, 0.2) is 18.2 Å². The highest BCUT2D eigenvalue weighted by Gasteiger charge is 2.16. The summed E-state index contributed by atoms with van der Waals surface area (Å²) < 4.78 is 5.34. The maximum absolute atomic E-state index is 9.32. The quantitative estimate of drug-likeness (QED) is 0.626. The van der Waals surface area contributed by atoms with Gasteiger partial charge in [-0.05, 0) is 18.6 Å². The fourth-order valence-corrected chi connectivity index (χ4v) is 1.51. The Morgan fingerprint density at radius 2 is 2.33 bits per heavy atom. The third kappa shape index (κ3) is 1.30. The summed E-state index contributed by atoms with van der Waals surface area (Å²) in [5.41, 5.74) is 2.33. The van der Waals surface area contributed by atoms with E-state index in [1.807, 2.05) is 19.1 Å². The molecule has 1 atom stereocenters. The first-order chi connectivity index (χ1) is 5.75. The molecule has 1 N–H and O–H groups in total. The van der Waals surface area contributed by atoms with Crippen molar-refractivity contribution in [2.75, 3.05) is 6.61 Å². The summed E-state index contributed by atoms with van der Waals surface area (Å²) in [4.78, 5) is 0. The van der Waals surface area contributed by atoms with Crippen LogP contribution in [0.2, 0.25) is 0 Å². The highest BCUT2D eigenvalue weighted by Crippen LogP contribution is 2.25. The highest BCUT2D eigenvalue weighted by molar-refractivity contribution is 5.38. The standard InChI is InChI=1S/C10H12O2/c1-7-2-3-10-8(4-7)5-9(11)6-12-10/h2-4,9,11H,5-6H2,1H3. The van der Waals surface area contributed by atoms with Crippen molar-refractivity contribution < 1.29 is 9.84 Å². The summed E-state index contributed by atoms with van der Waals surface area (Å²) in [6.07, 6.45) is 0.385. The van der Waals surface area contributed by atoms with E-state index >= 15 is 0 Å². The Morgan fingerprint density at radius 1 is 1.50 bits per heavy atom. The predicted octanol–water partition coefficient (Wildman–Crippen LogP) is 1.29. The zero-order valence-electron chi connectivity index (χ0n) is 7.08. The molecule has 0 aromatic heterocycles. The van der Waals surface area contributed by atoms with Gasteiger partial charge in [0, 0.05) is 6.42 Å². The molecule has 0 spiro atoms. The molecule has 0 fully saturated rings. The zero-order valence-corrected chi connectivity index (χ0v) is 7.08. The Morgan fingerprint density at radius 3 is 3.17 bits per heavy atom. The van der Waals surface area contributed by atoms with Crippen molar-refractivity contribution in [3.63, 3.8) is 0 Å². The maximum atomic E-state index is 9.32. The molecule has 0 bridgehead atoms. The molecule has 0 amide bonds. The zero-order chi connectivity index (χ0) is 8.55. The summed E-state index contributed by atoms with van der Waals surface area (Å²) in [6, 6.07) is 6.06. The molecular formula is C10H12O2. The van der Waals surface area contributed by atoms with E-state index in [0.29, 0.717) is 6.61 Å². The number of aliphatic hydroxyl groups excluding tert-OH is 1. The summed E-state index contributed by atoms with van der Waals surface area (Å²) in [6.45, 7) is 2.47. The van der Waals surface area contributed by atoms with Crippen molar-refractivity contribution in [3.8, 4) is 5.75 Å². The second kappa shape index (κ2) is 2.79. The van der Waals surface area contributed by atoms with Gasteiger partial charge in [0.15, 0.2) is 0 Å². The Labute approximate surface area is 71.8 Å². The van der Waals surface area contributed by atoms with E-state index < -0.39 is 0 Å². The number of fused-ring (bicyclic) bond motifs is 1. The predicted molar refractivity (Wildman–Crippen MR) is 46.4 cm³/mol. The molecule has 12 heavy (non-hydrogen) atoms. The fourth-order valence-electron chi connectivity index (χ4n) is 1.51. The lowest BCUT2D eigenvalue weighted by molar-refractivity contribution is 0.0921. The van der Waals surface area contributed by atoms with Crippen LogP contribution in [-0.4, -0.2) is 17.8 Å². The van der Waals surface area contributed by atoms with Crippen LogP contribution < -0.4 is 4.74 Å². The minimum atomic E-state index is -0.334. The smallest absolute Gasteiger partial charge is 0.122 e. The number of rotatable bonds is 0. The van der Waals surface area contributed by atoms with E-state index in [-0.39, 0.29) is 6.10 Å². The van der Waals surface area contributed by atoms with E-state index in [0.717, 1.165) is 17.7 Å².